The zero-order chi connectivity index (χ0) is 14.7. The highest BCUT2D eigenvalue weighted by Crippen LogP contribution is 2.13. The molecule has 2 rings (SSSR count). The van der Waals surface area contributed by atoms with Gasteiger partial charge >= 0.3 is 0 Å². The molecule has 0 bridgehead atoms. The van der Waals surface area contributed by atoms with Crippen LogP contribution in [0.15, 0.2) is 18.3 Å². The predicted octanol–water partition coefficient (Wildman–Crippen LogP) is 0.0664. The van der Waals surface area contributed by atoms with Crippen LogP contribution in [0, 0.1) is 0 Å². The van der Waals surface area contributed by atoms with E-state index in [2.05, 4.69) is 10.3 Å². The molecule has 1 aliphatic heterocycles. The van der Waals surface area contributed by atoms with Gasteiger partial charge in [0, 0.05) is 37.8 Å². The van der Waals surface area contributed by atoms with E-state index in [1.165, 1.54) is 13.1 Å². The fraction of sp³-hybridized carbons (Fsp3) is 0.385. The fourth-order valence-electron chi connectivity index (χ4n) is 2.18. The summed E-state index contributed by atoms with van der Waals surface area (Å²) in [7, 11) is 0. The molecule has 6 nitrogen and oxygen atoms in total. The number of hydrogen-bond acceptors (Lipinski definition) is 4. The van der Waals surface area contributed by atoms with Crippen molar-refractivity contribution in [3.63, 3.8) is 0 Å². The van der Waals surface area contributed by atoms with Gasteiger partial charge < -0.3 is 16.0 Å². The van der Waals surface area contributed by atoms with Crippen LogP contribution < -0.4 is 11.1 Å². The van der Waals surface area contributed by atoms with Crippen LogP contribution in [0.25, 0.3) is 0 Å². The van der Waals surface area contributed by atoms with Crippen LogP contribution in [0.1, 0.15) is 29.4 Å². The molecular formula is C13H16N4O2S. The number of pyridine rings is 1. The van der Waals surface area contributed by atoms with Gasteiger partial charge in [-0.2, -0.15) is 0 Å². The number of thiocarbonyl (C=S) groups is 1. The first-order valence-corrected chi connectivity index (χ1v) is 6.70. The third-order valence-corrected chi connectivity index (χ3v) is 3.39. The highest BCUT2D eigenvalue weighted by atomic mass is 32.1. The standard InChI is InChI=1S/C13H16N4O2S/c1-8(18)16-10-4-5-17(7-10)13(19)11-3-2-9(6-15-11)12(14)20/h2-3,6,10H,4-5,7H2,1H3,(H2,14,20)(H,16,18). The van der Waals surface area contributed by atoms with Gasteiger partial charge in [0.15, 0.2) is 0 Å². The summed E-state index contributed by atoms with van der Waals surface area (Å²) in [4.78, 5) is 29.3. The third kappa shape index (κ3) is 3.30. The van der Waals surface area contributed by atoms with Gasteiger partial charge in [-0.25, -0.2) is 0 Å². The minimum atomic E-state index is -0.146. The van der Waals surface area contributed by atoms with Gasteiger partial charge in [-0.05, 0) is 18.6 Å². The average Bonchev–Trinajstić information content (AvgIpc) is 2.85. The van der Waals surface area contributed by atoms with Crippen molar-refractivity contribution in [1.82, 2.24) is 15.2 Å². The van der Waals surface area contributed by atoms with Crippen LogP contribution in [0.3, 0.4) is 0 Å². The molecule has 106 valence electrons. The van der Waals surface area contributed by atoms with Crippen LogP contribution in [0.5, 0.6) is 0 Å². The van der Waals surface area contributed by atoms with Gasteiger partial charge in [0.1, 0.15) is 10.7 Å². The van der Waals surface area contributed by atoms with E-state index in [4.69, 9.17) is 18.0 Å². The Balaban J connectivity index is 2.01. The van der Waals surface area contributed by atoms with E-state index >= 15 is 0 Å². The average molecular weight is 292 g/mol. The first-order chi connectivity index (χ1) is 9.47. The van der Waals surface area contributed by atoms with E-state index in [1.807, 2.05) is 0 Å². The number of carbonyl (C=O) groups is 2. The number of nitrogens with two attached hydrogens (primary N) is 1. The Hall–Kier alpha value is -2.02. The molecule has 0 spiro atoms. The number of rotatable bonds is 3. The number of carbonyl (C=O) groups excluding carboxylic acids is 2. The lowest BCUT2D eigenvalue weighted by Gasteiger charge is -2.16. The van der Waals surface area contributed by atoms with Crippen LogP contribution in [0.2, 0.25) is 0 Å². The molecule has 3 N–H and O–H groups in total. The molecule has 1 aromatic rings. The largest absolute Gasteiger partial charge is 0.389 e. The van der Waals surface area contributed by atoms with Crippen LogP contribution >= 0.6 is 12.2 Å². The van der Waals surface area contributed by atoms with Crippen molar-refractivity contribution >= 4 is 29.0 Å². The van der Waals surface area contributed by atoms with Crippen molar-refractivity contribution in [2.45, 2.75) is 19.4 Å². The Bertz CT molecular complexity index is 544. The first-order valence-electron chi connectivity index (χ1n) is 6.29. The monoisotopic (exact) mass is 292 g/mol. The summed E-state index contributed by atoms with van der Waals surface area (Å²) >= 11 is 4.84. The minimum Gasteiger partial charge on any atom is -0.389 e. The van der Waals surface area contributed by atoms with Crippen molar-refractivity contribution in [2.24, 2.45) is 5.73 Å². The Kier molecular flexibility index (Phi) is 4.29. The minimum absolute atomic E-state index is 0.0207. The van der Waals surface area contributed by atoms with E-state index in [0.29, 0.717) is 24.3 Å². The summed E-state index contributed by atoms with van der Waals surface area (Å²) < 4.78 is 0. The van der Waals surface area contributed by atoms with Gasteiger partial charge in [-0.3, -0.25) is 14.6 Å². The molecule has 2 heterocycles. The second-order valence-electron chi connectivity index (χ2n) is 4.73. The van der Waals surface area contributed by atoms with E-state index in [0.717, 1.165) is 6.42 Å². The highest BCUT2D eigenvalue weighted by Gasteiger charge is 2.27. The number of hydrogen-bond donors (Lipinski definition) is 2. The molecule has 1 saturated heterocycles. The summed E-state index contributed by atoms with van der Waals surface area (Å²) in [6, 6.07) is 3.32. The molecule has 1 atom stereocenters. The number of likely N-dealkylation sites (tertiary alicyclic amines) is 1. The van der Waals surface area contributed by atoms with Crippen molar-refractivity contribution in [2.75, 3.05) is 13.1 Å². The Labute approximate surface area is 122 Å². The zero-order valence-corrected chi connectivity index (χ0v) is 11.9. The maximum absolute atomic E-state index is 12.2. The molecule has 0 radical (unpaired) electrons. The van der Waals surface area contributed by atoms with Crippen LogP contribution in [-0.4, -0.2) is 45.8 Å². The lowest BCUT2D eigenvalue weighted by atomic mass is 10.2. The second-order valence-corrected chi connectivity index (χ2v) is 5.17. The molecule has 1 fully saturated rings. The third-order valence-electron chi connectivity index (χ3n) is 3.15. The zero-order valence-electron chi connectivity index (χ0n) is 11.1. The predicted molar refractivity (Wildman–Crippen MR) is 78.2 cm³/mol. The quantitative estimate of drug-likeness (QED) is 0.770. The molecule has 1 aliphatic rings. The summed E-state index contributed by atoms with van der Waals surface area (Å²) in [5.41, 5.74) is 6.47. The molecule has 1 aromatic heterocycles. The fourth-order valence-corrected chi connectivity index (χ4v) is 2.30. The van der Waals surface area contributed by atoms with Crippen LogP contribution in [-0.2, 0) is 4.79 Å². The number of amides is 2. The SMILES string of the molecule is CC(=O)NC1CCN(C(=O)c2ccc(C(N)=S)cn2)C1. The van der Waals surface area contributed by atoms with Crippen molar-refractivity contribution in [1.29, 1.82) is 0 Å². The number of aromatic nitrogens is 1. The number of nitrogens with zero attached hydrogens (tertiary/aromatic N) is 2. The Morgan fingerprint density at radius 1 is 1.50 bits per heavy atom. The molecule has 2 amide bonds. The highest BCUT2D eigenvalue weighted by molar-refractivity contribution is 7.80. The van der Waals surface area contributed by atoms with E-state index in [9.17, 15) is 9.59 Å². The lowest BCUT2D eigenvalue weighted by Crippen LogP contribution is -2.37. The summed E-state index contributed by atoms with van der Waals surface area (Å²) in [6.07, 6.45) is 2.26. The van der Waals surface area contributed by atoms with Gasteiger partial charge in [0.2, 0.25) is 5.91 Å². The van der Waals surface area contributed by atoms with Gasteiger partial charge in [0.05, 0.1) is 0 Å². The normalized spacial score (nSPS) is 17.9. The number of nitrogens with one attached hydrogen (secondary N) is 1. The molecule has 20 heavy (non-hydrogen) atoms. The molecule has 0 aromatic carbocycles. The van der Waals surface area contributed by atoms with E-state index < -0.39 is 0 Å². The molecule has 7 heteroatoms. The Morgan fingerprint density at radius 2 is 2.25 bits per heavy atom. The van der Waals surface area contributed by atoms with Crippen molar-refractivity contribution in [3.05, 3.63) is 29.6 Å². The Morgan fingerprint density at radius 3 is 2.80 bits per heavy atom. The summed E-state index contributed by atoms with van der Waals surface area (Å²) in [5.74, 6) is -0.226. The smallest absolute Gasteiger partial charge is 0.272 e. The second kappa shape index (κ2) is 5.96. The van der Waals surface area contributed by atoms with Crippen LogP contribution in [0.4, 0.5) is 0 Å². The molecule has 0 aliphatic carbocycles. The summed E-state index contributed by atoms with van der Waals surface area (Å²) in [5, 5.41) is 2.82. The van der Waals surface area contributed by atoms with E-state index in [-0.39, 0.29) is 22.8 Å². The van der Waals surface area contributed by atoms with Gasteiger partial charge in [-0.15, -0.1) is 0 Å². The molecular weight excluding hydrogens is 276 g/mol. The maximum atomic E-state index is 12.2. The van der Waals surface area contributed by atoms with Crippen molar-refractivity contribution < 1.29 is 9.59 Å². The molecule has 1 unspecified atom stereocenters. The van der Waals surface area contributed by atoms with E-state index in [1.54, 1.807) is 17.0 Å². The van der Waals surface area contributed by atoms with Gasteiger partial charge in [-0.1, -0.05) is 12.2 Å². The van der Waals surface area contributed by atoms with Gasteiger partial charge in [0.25, 0.3) is 5.91 Å². The maximum Gasteiger partial charge on any atom is 0.272 e. The topological polar surface area (TPSA) is 88.3 Å². The first kappa shape index (κ1) is 14.4. The lowest BCUT2D eigenvalue weighted by molar-refractivity contribution is -0.119. The van der Waals surface area contributed by atoms with Crippen molar-refractivity contribution in [3.8, 4) is 0 Å². The summed E-state index contributed by atoms with van der Waals surface area (Å²) in [6.45, 7) is 2.60. The molecule has 0 saturated carbocycles.